The first-order chi connectivity index (χ1) is 11.8. The van der Waals surface area contributed by atoms with Gasteiger partial charge in [-0.25, -0.2) is 0 Å². The van der Waals surface area contributed by atoms with E-state index in [4.69, 9.17) is 4.52 Å². The van der Waals surface area contributed by atoms with E-state index >= 15 is 0 Å². The van der Waals surface area contributed by atoms with Gasteiger partial charge < -0.3 is 9.84 Å². The van der Waals surface area contributed by atoms with Crippen LogP contribution in [0.25, 0.3) is 0 Å². The molecule has 1 saturated carbocycles. The molecule has 1 aromatic heterocycles. The second-order valence-corrected chi connectivity index (χ2v) is 6.16. The molecule has 1 N–H and O–H groups in total. The second kappa shape index (κ2) is 6.32. The van der Waals surface area contributed by atoms with Crippen molar-refractivity contribution in [1.29, 1.82) is 0 Å². The van der Waals surface area contributed by atoms with Gasteiger partial charge in [0, 0.05) is 17.7 Å². The Morgan fingerprint density at radius 1 is 1.08 bits per heavy atom. The van der Waals surface area contributed by atoms with Crippen LogP contribution in [0.15, 0.2) is 65.2 Å². The monoisotopic (exact) mass is 318 g/mol. The van der Waals surface area contributed by atoms with E-state index in [1.54, 1.807) is 6.07 Å². The average Bonchev–Trinajstić information content (AvgIpc) is 3.34. The highest BCUT2D eigenvalue weighted by Gasteiger charge is 2.29. The normalized spacial score (nSPS) is 13.7. The van der Waals surface area contributed by atoms with E-state index in [0.29, 0.717) is 11.6 Å². The summed E-state index contributed by atoms with van der Waals surface area (Å²) in [6.07, 6.45) is 3.01. The number of carbonyl (C=O) groups excluding carboxylic acids is 1. The molecule has 2 aromatic carbocycles. The Morgan fingerprint density at radius 2 is 1.83 bits per heavy atom. The van der Waals surface area contributed by atoms with Gasteiger partial charge in [-0.15, -0.1) is 0 Å². The van der Waals surface area contributed by atoms with Crippen molar-refractivity contribution in [1.82, 2.24) is 5.16 Å². The molecular weight excluding hydrogens is 300 g/mol. The summed E-state index contributed by atoms with van der Waals surface area (Å²) < 4.78 is 5.26. The van der Waals surface area contributed by atoms with Gasteiger partial charge >= 0.3 is 0 Å². The molecule has 1 fully saturated rings. The molecule has 120 valence electrons. The van der Waals surface area contributed by atoms with Crippen LogP contribution >= 0.6 is 0 Å². The van der Waals surface area contributed by atoms with Gasteiger partial charge in [0.25, 0.3) is 5.91 Å². The molecule has 24 heavy (non-hydrogen) atoms. The van der Waals surface area contributed by atoms with Crippen LogP contribution in [0.3, 0.4) is 0 Å². The zero-order chi connectivity index (χ0) is 16.4. The molecule has 4 heteroatoms. The maximum atomic E-state index is 12.4. The van der Waals surface area contributed by atoms with Crippen molar-refractivity contribution in [3.63, 3.8) is 0 Å². The van der Waals surface area contributed by atoms with Crippen LogP contribution in [0.2, 0.25) is 0 Å². The fraction of sp³-hybridized carbons (Fsp3) is 0.200. The SMILES string of the molecule is O=C(Nc1ccccc1Cc1ccccc1)c1cc(C2CC2)on1. The number of hydrogen-bond donors (Lipinski definition) is 1. The highest BCUT2D eigenvalue weighted by molar-refractivity contribution is 6.03. The van der Waals surface area contributed by atoms with Gasteiger partial charge in [-0.05, 0) is 36.5 Å². The summed E-state index contributed by atoms with van der Waals surface area (Å²) in [7, 11) is 0. The first-order valence-electron chi connectivity index (χ1n) is 8.19. The molecule has 0 aliphatic heterocycles. The predicted octanol–water partition coefficient (Wildman–Crippen LogP) is 4.40. The van der Waals surface area contributed by atoms with Crippen molar-refractivity contribution in [3.05, 3.63) is 83.2 Å². The molecule has 4 rings (SSSR count). The van der Waals surface area contributed by atoms with Crippen molar-refractivity contribution in [2.45, 2.75) is 25.2 Å². The summed E-state index contributed by atoms with van der Waals surface area (Å²) in [6.45, 7) is 0. The Kier molecular flexibility index (Phi) is 3.87. The Hall–Kier alpha value is -2.88. The maximum absolute atomic E-state index is 12.4. The zero-order valence-electron chi connectivity index (χ0n) is 13.2. The summed E-state index contributed by atoms with van der Waals surface area (Å²) >= 11 is 0. The molecule has 0 atom stereocenters. The van der Waals surface area contributed by atoms with Crippen LogP contribution in [0.4, 0.5) is 5.69 Å². The number of nitrogens with zero attached hydrogens (tertiary/aromatic N) is 1. The molecule has 0 radical (unpaired) electrons. The minimum atomic E-state index is -0.230. The molecule has 1 aliphatic carbocycles. The van der Waals surface area contributed by atoms with Gasteiger partial charge in [-0.1, -0.05) is 53.7 Å². The summed E-state index contributed by atoms with van der Waals surface area (Å²) in [5.74, 6) is 1.04. The van der Waals surface area contributed by atoms with E-state index in [-0.39, 0.29) is 5.91 Å². The van der Waals surface area contributed by atoms with E-state index in [0.717, 1.165) is 36.3 Å². The van der Waals surface area contributed by atoms with Gasteiger partial charge in [-0.3, -0.25) is 4.79 Å². The van der Waals surface area contributed by atoms with Crippen molar-refractivity contribution in [2.24, 2.45) is 0 Å². The Bertz CT molecular complexity index is 851. The predicted molar refractivity (Wildman–Crippen MR) is 92.1 cm³/mol. The molecule has 0 saturated heterocycles. The zero-order valence-corrected chi connectivity index (χ0v) is 13.2. The lowest BCUT2D eigenvalue weighted by Crippen LogP contribution is -2.13. The lowest BCUT2D eigenvalue weighted by atomic mass is 10.0. The van der Waals surface area contributed by atoms with Crippen LogP contribution in [-0.2, 0) is 6.42 Å². The molecular formula is C20H18N2O2. The van der Waals surface area contributed by atoms with E-state index < -0.39 is 0 Å². The minimum Gasteiger partial charge on any atom is -0.360 e. The highest BCUT2D eigenvalue weighted by atomic mass is 16.5. The summed E-state index contributed by atoms with van der Waals surface area (Å²) in [6, 6.07) is 19.8. The Morgan fingerprint density at radius 3 is 2.62 bits per heavy atom. The molecule has 4 nitrogen and oxygen atoms in total. The van der Waals surface area contributed by atoms with Crippen LogP contribution in [0.5, 0.6) is 0 Å². The van der Waals surface area contributed by atoms with Gasteiger partial charge in [0.2, 0.25) is 0 Å². The molecule has 1 amide bonds. The van der Waals surface area contributed by atoms with Crippen LogP contribution < -0.4 is 5.32 Å². The standard InChI is InChI=1S/C20H18N2O2/c23-20(18-13-19(24-22-18)15-10-11-15)21-17-9-5-4-8-16(17)12-14-6-2-1-3-7-14/h1-9,13,15H,10-12H2,(H,21,23). The largest absolute Gasteiger partial charge is 0.360 e. The van der Waals surface area contributed by atoms with Crippen molar-refractivity contribution < 1.29 is 9.32 Å². The molecule has 0 unspecified atom stereocenters. The Labute approximate surface area is 140 Å². The summed E-state index contributed by atoms with van der Waals surface area (Å²) in [5.41, 5.74) is 3.42. The van der Waals surface area contributed by atoms with E-state index in [2.05, 4.69) is 22.6 Å². The number of carbonyl (C=O) groups is 1. The number of hydrogen-bond acceptors (Lipinski definition) is 3. The first-order valence-corrected chi connectivity index (χ1v) is 8.19. The third-order valence-electron chi connectivity index (χ3n) is 4.24. The number of aromatic nitrogens is 1. The van der Waals surface area contributed by atoms with Crippen LogP contribution in [-0.4, -0.2) is 11.1 Å². The number of rotatable bonds is 5. The second-order valence-electron chi connectivity index (χ2n) is 6.16. The first kappa shape index (κ1) is 14.7. The number of amides is 1. The van der Waals surface area contributed by atoms with Crippen LogP contribution in [0, 0.1) is 0 Å². The van der Waals surface area contributed by atoms with Gasteiger partial charge in [0.05, 0.1) is 0 Å². The van der Waals surface area contributed by atoms with Crippen LogP contribution in [0.1, 0.15) is 46.1 Å². The number of nitrogens with one attached hydrogen (secondary N) is 1. The number of benzene rings is 2. The highest BCUT2D eigenvalue weighted by Crippen LogP contribution is 2.40. The molecule has 1 heterocycles. The third kappa shape index (κ3) is 3.23. The van der Waals surface area contributed by atoms with E-state index in [1.807, 2.05) is 42.5 Å². The summed E-state index contributed by atoms with van der Waals surface area (Å²) in [4.78, 5) is 12.4. The van der Waals surface area contributed by atoms with Crippen molar-refractivity contribution >= 4 is 11.6 Å². The maximum Gasteiger partial charge on any atom is 0.277 e. The number of para-hydroxylation sites is 1. The average molecular weight is 318 g/mol. The van der Waals surface area contributed by atoms with Crippen molar-refractivity contribution in [3.8, 4) is 0 Å². The minimum absolute atomic E-state index is 0.230. The summed E-state index contributed by atoms with van der Waals surface area (Å²) in [5, 5.41) is 6.86. The lowest BCUT2D eigenvalue weighted by molar-refractivity contribution is 0.101. The van der Waals surface area contributed by atoms with Gasteiger partial charge in [0.1, 0.15) is 5.76 Å². The van der Waals surface area contributed by atoms with Gasteiger partial charge in [0.15, 0.2) is 5.69 Å². The number of anilines is 1. The lowest BCUT2D eigenvalue weighted by Gasteiger charge is -2.10. The quantitative estimate of drug-likeness (QED) is 0.759. The topological polar surface area (TPSA) is 55.1 Å². The fourth-order valence-electron chi connectivity index (χ4n) is 2.76. The fourth-order valence-corrected chi connectivity index (χ4v) is 2.76. The molecule has 0 bridgehead atoms. The smallest absolute Gasteiger partial charge is 0.277 e. The molecule has 0 spiro atoms. The van der Waals surface area contributed by atoms with Gasteiger partial charge in [-0.2, -0.15) is 0 Å². The Balaban J connectivity index is 1.52. The van der Waals surface area contributed by atoms with E-state index in [9.17, 15) is 4.79 Å². The molecule has 3 aromatic rings. The third-order valence-corrected chi connectivity index (χ3v) is 4.24. The van der Waals surface area contributed by atoms with Crippen molar-refractivity contribution in [2.75, 3.05) is 5.32 Å². The van der Waals surface area contributed by atoms with E-state index in [1.165, 1.54) is 5.56 Å². The molecule has 1 aliphatic rings.